The molecule has 1 fully saturated rings. The van der Waals surface area contributed by atoms with Crippen molar-refractivity contribution in [2.24, 2.45) is 5.92 Å². The molecule has 2 nitrogen and oxygen atoms in total. The summed E-state index contributed by atoms with van der Waals surface area (Å²) in [5, 5.41) is 3.49. The SMILES string of the molecule is COC1(CNCCC(C)C)CCC1. The minimum Gasteiger partial charge on any atom is -0.377 e. The topological polar surface area (TPSA) is 21.3 Å². The molecule has 0 amide bonds. The Kier molecular flexibility index (Phi) is 4.20. The summed E-state index contributed by atoms with van der Waals surface area (Å²) >= 11 is 0. The van der Waals surface area contributed by atoms with E-state index in [0.717, 1.165) is 19.0 Å². The number of rotatable bonds is 6. The van der Waals surface area contributed by atoms with Crippen LogP contribution in [0.4, 0.5) is 0 Å². The Bertz CT molecular complexity index is 136. The van der Waals surface area contributed by atoms with Crippen LogP contribution in [-0.2, 0) is 4.74 Å². The molecule has 0 atom stereocenters. The zero-order valence-electron chi connectivity index (χ0n) is 9.23. The molecule has 0 heterocycles. The predicted octanol–water partition coefficient (Wildman–Crippen LogP) is 2.19. The second kappa shape index (κ2) is 4.97. The van der Waals surface area contributed by atoms with Gasteiger partial charge in [-0.05, 0) is 38.1 Å². The van der Waals surface area contributed by atoms with Crippen LogP contribution in [0.1, 0.15) is 39.5 Å². The van der Waals surface area contributed by atoms with Gasteiger partial charge < -0.3 is 10.1 Å². The van der Waals surface area contributed by atoms with Crippen molar-refractivity contribution < 1.29 is 4.74 Å². The highest BCUT2D eigenvalue weighted by Gasteiger charge is 2.36. The van der Waals surface area contributed by atoms with E-state index in [4.69, 9.17) is 4.74 Å². The van der Waals surface area contributed by atoms with Crippen molar-refractivity contribution in [2.75, 3.05) is 20.2 Å². The molecule has 0 bridgehead atoms. The first-order valence-electron chi connectivity index (χ1n) is 5.44. The smallest absolute Gasteiger partial charge is 0.0802 e. The summed E-state index contributed by atoms with van der Waals surface area (Å²) in [6.07, 6.45) is 5.07. The van der Waals surface area contributed by atoms with Crippen LogP contribution in [0.2, 0.25) is 0 Å². The summed E-state index contributed by atoms with van der Waals surface area (Å²) in [5.74, 6) is 0.799. The number of hydrogen-bond donors (Lipinski definition) is 1. The van der Waals surface area contributed by atoms with Gasteiger partial charge in [-0.1, -0.05) is 13.8 Å². The minimum atomic E-state index is 0.191. The molecular formula is C11H23NO. The van der Waals surface area contributed by atoms with Crippen LogP contribution in [0.5, 0.6) is 0 Å². The van der Waals surface area contributed by atoms with Crippen molar-refractivity contribution in [1.29, 1.82) is 0 Å². The maximum absolute atomic E-state index is 5.52. The standard InChI is InChI=1S/C11H23NO/c1-10(2)5-8-12-9-11(13-3)6-4-7-11/h10,12H,4-9H2,1-3H3. The molecule has 0 unspecified atom stereocenters. The summed E-state index contributed by atoms with van der Waals surface area (Å²) in [7, 11) is 1.84. The Balaban J connectivity index is 2.04. The Morgan fingerprint density at radius 3 is 2.46 bits per heavy atom. The Morgan fingerprint density at radius 1 is 1.38 bits per heavy atom. The molecule has 2 heteroatoms. The summed E-state index contributed by atoms with van der Waals surface area (Å²) in [5.41, 5.74) is 0.191. The maximum atomic E-state index is 5.52. The number of hydrogen-bond acceptors (Lipinski definition) is 2. The fourth-order valence-corrected chi connectivity index (χ4v) is 1.73. The lowest BCUT2D eigenvalue weighted by Crippen LogP contribution is -2.48. The quantitative estimate of drug-likeness (QED) is 0.640. The lowest BCUT2D eigenvalue weighted by molar-refractivity contribution is -0.0693. The monoisotopic (exact) mass is 185 g/mol. The van der Waals surface area contributed by atoms with Gasteiger partial charge in [-0.3, -0.25) is 0 Å². The molecule has 1 aliphatic rings. The van der Waals surface area contributed by atoms with Gasteiger partial charge in [0.25, 0.3) is 0 Å². The Labute approximate surface area is 82.0 Å². The van der Waals surface area contributed by atoms with E-state index in [1.807, 2.05) is 7.11 Å². The third kappa shape index (κ3) is 3.28. The summed E-state index contributed by atoms with van der Waals surface area (Å²) in [4.78, 5) is 0. The molecule has 0 aromatic heterocycles. The lowest BCUT2D eigenvalue weighted by Gasteiger charge is -2.40. The zero-order chi connectivity index (χ0) is 9.73. The first-order valence-corrected chi connectivity index (χ1v) is 5.44. The van der Waals surface area contributed by atoms with E-state index in [-0.39, 0.29) is 5.60 Å². The van der Waals surface area contributed by atoms with Gasteiger partial charge in [-0.25, -0.2) is 0 Å². The molecule has 1 saturated carbocycles. The summed E-state index contributed by atoms with van der Waals surface area (Å²) in [6.45, 7) is 6.69. The van der Waals surface area contributed by atoms with Gasteiger partial charge in [0.05, 0.1) is 5.60 Å². The molecule has 0 aromatic carbocycles. The minimum absolute atomic E-state index is 0.191. The van der Waals surface area contributed by atoms with Crippen LogP contribution < -0.4 is 5.32 Å². The zero-order valence-corrected chi connectivity index (χ0v) is 9.23. The van der Waals surface area contributed by atoms with Crippen LogP contribution >= 0.6 is 0 Å². The molecular weight excluding hydrogens is 162 g/mol. The molecule has 78 valence electrons. The van der Waals surface area contributed by atoms with Crippen molar-refractivity contribution in [1.82, 2.24) is 5.32 Å². The van der Waals surface area contributed by atoms with Crippen molar-refractivity contribution in [3.63, 3.8) is 0 Å². The third-order valence-corrected chi connectivity index (χ3v) is 3.04. The lowest BCUT2D eigenvalue weighted by atomic mass is 9.80. The van der Waals surface area contributed by atoms with E-state index < -0.39 is 0 Å². The molecule has 0 saturated heterocycles. The highest BCUT2D eigenvalue weighted by atomic mass is 16.5. The molecule has 1 N–H and O–H groups in total. The van der Waals surface area contributed by atoms with E-state index in [1.165, 1.54) is 25.7 Å². The maximum Gasteiger partial charge on any atom is 0.0802 e. The normalized spacial score (nSPS) is 20.3. The van der Waals surface area contributed by atoms with Crippen molar-refractivity contribution >= 4 is 0 Å². The van der Waals surface area contributed by atoms with Crippen LogP contribution in [0.3, 0.4) is 0 Å². The van der Waals surface area contributed by atoms with Gasteiger partial charge in [-0.15, -0.1) is 0 Å². The molecule has 1 rings (SSSR count). The summed E-state index contributed by atoms with van der Waals surface area (Å²) < 4.78 is 5.52. The third-order valence-electron chi connectivity index (χ3n) is 3.04. The largest absolute Gasteiger partial charge is 0.377 e. The fourth-order valence-electron chi connectivity index (χ4n) is 1.73. The van der Waals surface area contributed by atoms with Crippen LogP contribution in [0.25, 0.3) is 0 Å². The van der Waals surface area contributed by atoms with Crippen LogP contribution in [0.15, 0.2) is 0 Å². The highest BCUT2D eigenvalue weighted by molar-refractivity contribution is 4.91. The van der Waals surface area contributed by atoms with E-state index in [0.29, 0.717) is 0 Å². The number of ether oxygens (including phenoxy) is 1. The molecule has 13 heavy (non-hydrogen) atoms. The first kappa shape index (κ1) is 11.0. The summed E-state index contributed by atoms with van der Waals surface area (Å²) in [6, 6.07) is 0. The van der Waals surface area contributed by atoms with Gasteiger partial charge in [0.2, 0.25) is 0 Å². The average Bonchev–Trinajstić information content (AvgIpc) is 2.01. The first-order chi connectivity index (χ1) is 6.18. The Morgan fingerprint density at radius 2 is 2.08 bits per heavy atom. The number of nitrogens with one attached hydrogen (secondary N) is 1. The highest BCUT2D eigenvalue weighted by Crippen LogP contribution is 2.34. The van der Waals surface area contributed by atoms with E-state index in [9.17, 15) is 0 Å². The van der Waals surface area contributed by atoms with E-state index in [2.05, 4.69) is 19.2 Å². The molecule has 0 radical (unpaired) electrons. The van der Waals surface area contributed by atoms with E-state index >= 15 is 0 Å². The second-order valence-corrected chi connectivity index (χ2v) is 4.60. The van der Waals surface area contributed by atoms with Crippen LogP contribution in [0, 0.1) is 5.92 Å². The molecule has 0 spiro atoms. The van der Waals surface area contributed by atoms with E-state index in [1.54, 1.807) is 0 Å². The predicted molar refractivity (Wildman–Crippen MR) is 55.9 cm³/mol. The number of methoxy groups -OCH3 is 1. The van der Waals surface area contributed by atoms with Gasteiger partial charge >= 0.3 is 0 Å². The van der Waals surface area contributed by atoms with Gasteiger partial charge in [0.15, 0.2) is 0 Å². The Hall–Kier alpha value is -0.0800. The molecule has 1 aliphatic carbocycles. The van der Waals surface area contributed by atoms with Gasteiger partial charge in [0, 0.05) is 13.7 Å². The van der Waals surface area contributed by atoms with Crippen molar-refractivity contribution in [2.45, 2.75) is 45.1 Å². The second-order valence-electron chi connectivity index (χ2n) is 4.60. The van der Waals surface area contributed by atoms with Gasteiger partial charge in [0.1, 0.15) is 0 Å². The molecule has 0 aliphatic heterocycles. The van der Waals surface area contributed by atoms with Gasteiger partial charge in [-0.2, -0.15) is 0 Å². The average molecular weight is 185 g/mol. The van der Waals surface area contributed by atoms with Crippen molar-refractivity contribution in [3.8, 4) is 0 Å². The fraction of sp³-hybridized carbons (Fsp3) is 1.00. The van der Waals surface area contributed by atoms with Crippen LogP contribution in [-0.4, -0.2) is 25.8 Å². The molecule has 0 aromatic rings. The van der Waals surface area contributed by atoms with Crippen molar-refractivity contribution in [3.05, 3.63) is 0 Å².